The van der Waals surface area contributed by atoms with Crippen molar-refractivity contribution in [1.82, 2.24) is 0 Å². The average molecular weight is 221 g/mol. The van der Waals surface area contributed by atoms with Crippen molar-refractivity contribution in [2.24, 2.45) is 0 Å². The molecule has 0 saturated heterocycles. The first-order valence-corrected chi connectivity index (χ1v) is 3.64. The van der Waals surface area contributed by atoms with Crippen molar-refractivity contribution in [2.45, 2.75) is 0 Å². The van der Waals surface area contributed by atoms with Gasteiger partial charge in [-0.3, -0.25) is 4.79 Å². The lowest BCUT2D eigenvalue weighted by Crippen LogP contribution is -1.92. The van der Waals surface area contributed by atoms with Crippen LogP contribution in [-0.2, 0) is 0 Å². The lowest BCUT2D eigenvalue weighted by molar-refractivity contribution is 0.107. The van der Waals surface area contributed by atoms with E-state index in [1.807, 2.05) is 0 Å². The number of halogens is 1. The molecule has 0 bridgehead atoms. The van der Waals surface area contributed by atoms with Crippen LogP contribution in [0.5, 0.6) is 28.7 Å². The Bertz CT molecular complexity index is 384. The molecular weight excluding hydrogens is 216 g/mol. The summed E-state index contributed by atoms with van der Waals surface area (Å²) < 4.78 is 0. The molecule has 0 atom stereocenters. The standard InChI is InChI=1S/C7H5ClO6/c8-7(14)1-2(9)4(11)6(13)5(12)3(1)10/h9-13H. The second-order valence-corrected chi connectivity index (χ2v) is 2.74. The van der Waals surface area contributed by atoms with Gasteiger partial charge in [-0.25, -0.2) is 0 Å². The van der Waals surface area contributed by atoms with E-state index in [4.69, 9.17) is 37.1 Å². The van der Waals surface area contributed by atoms with Gasteiger partial charge in [0.25, 0.3) is 5.24 Å². The first kappa shape index (κ1) is 10.3. The first-order chi connectivity index (χ1) is 6.37. The van der Waals surface area contributed by atoms with E-state index >= 15 is 0 Å². The van der Waals surface area contributed by atoms with Crippen LogP contribution in [0.3, 0.4) is 0 Å². The summed E-state index contributed by atoms with van der Waals surface area (Å²) in [6, 6.07) is 0. The highest BCUT2D eigenvalue weighted by Crippen LogP contribution is 2.50. The van der Waals surface area contributed by atoms with Gasteiger partial charge in [0.15, 0.2) is 11.5 Å². The highest BCUT2D eigenvalue weighted by atomic mass is 35.5. The van der Waals surface area contributed by atoms with Crippen LogP contribution in [0.1, 0.15) is 10.4 Å². The molecule has 0 aromatic heterocycles. The average Bonchev–Trinajstić information content (AvgIpc) is 2.11. The van der Waals surface area contributed by atoms with Gasteiger partial charge in [0.2, 0.25) is 17.2 Å². The van der Waals surface area contributed by atoms with Crippen LogP contribution in [0.25, 0.3) is 0 Å². The third kappa shape index (κ3) is 1.25. The molecule has 6 nitrogen and oxygen atoms in total. The van der Waals surface area contributed by atoms with E-state index in [1.165, 1.54) is 0 Å². The number of aromatic hydroxyl groups is 5. The molecule has 0 saturated carbocycles. The summed E-state index contributed by atoms with van der Waals surface area (Å²) in [6.45, 7) is 0. The van der Waals surface area contributed by atoms with Gasteiger partial charge in [-0.05, 0) is 11.6 Å². The molecule has 0 aliphatic carbocycles. The molecule has 14 heavy (non-hydrogen) atoms. The van der Waals surface area contributed by atoms with Crippen molar-refractivity contribution in [1.29, 1.82) is 0 Å². The molecule has 7 heteroatoms. The maximum atomic E-state index is 10.6. The summed E-state index contributed by atoms with van der Waals surface area (Å²) in [6.07, 6.45) is 0. The molecule has 0 fully saturated rings. The van der Waals surface area contributed by atoms with Crippen molar-refractivity contribution in [3.63, 3.8) is 0 Å². The number of rotatable bonds is 1. The predicted octanol–water partition coefficient (Wildman–Crippen LogP) is 0.594. The van der Waals surface area contributed by atoms with Crippen molar-refractivity contribution in [2.75, 3.05) is 0 Å². The Morgan fingerprint density at radius 3 is 1.36 bits per heavy atom. The Morgan fingerprint density at radius 1 is 0.786 bits per heavy atom. The monoisotopic (exact) mass is 220 g/mol. The van der Waals surface area contributed by atoms with Crippen molar-refractivity contribution >= 4 is 16.8 Å². The Kier molecular flexibility index (Phi) is 2.31. The number of phenolic OH excluding ortho intramolecular Hbond substituents is 5. The quantitative estimate of drug-likeness (QED) is 0.269. The normalized spacial score (nSPS) is 10.1. The van der Waals surface area contributed by atoms with Crippen LogP contribution in [-0.4, -0.2) is 30.8 Å². The summed E-state index contributed by atoms with van der Waals surface area (Å²) in [5.74, 6) is -5.61. The molecule has 1 aromatic rings. The van der Waals surface area contributed by atoms with Crippen LogP contribution >= 0.6 is 11.6 Å². The Balaban J connectivity index is 3.68. The second kappa shape index (κ2) is 3.15. The molecule has 1 aromatic carbocycles. The molecule has 0 unspecified atom stereocenters. The van der Waals surface area contributed by atoms with E-state index in [0.717, 1.165) is 0 Å². The number of hydrogen-bond donors (Lipinski definition) is 5. The summed E-state index contributed by atoms with van der Waals surface area (Å²) in [5.41, 5.74) is -0.875. The third-order valence-corrected chi connectivity index (χ3v) is 1.76. The van der Waals surface area contributed by atoms with Crippen LogP contribution in [0.2, 0.25) is 0 Å². The van der Waals surface area contributed by atoms with E-state index < -0.39 is 39.6 Å². The molecule has 0 spiro atoms. The van der Waals surface area contributed by atoms with Crippen LogP contribution in [0.15, 0.2) is 0 Å². The molecule has 5 N–H and O–H groups in total. The van der Waals surface area contributed by atoms with Gasteiger partial charge in [-0.15, -0.1) is 0 Å². The van der Waals surface area contributed by atoms with Gasteiger partial charge in [0.1, 0.15) is 5.56 Å². The zero-order valence-electron chi connectivity index (χ0n) is 6.52. The third-order valence-electron chi connectivity index (χ3n) is 1.57. The number of carbonyl (C=O) groups excluding carboxylic acids is 1. The van der Waals surface area contributed by atoms with E-state index in [2.05, 4.69) is 0 Å². The van der Waals surface area contributed by atoms with Gasteiger partial charge < -0.3 is 25.5 Å². The SMILES string of the molecule is O=C(Cl)c1c(O)c(O)c(O)c(O)c1O. The number of benzene rings is 1. The fourth-order valence-electron chi connectivity index (χ4n) is 0.872. The Hall–Kier alpha value is -1.82. The summed E-state index contributed by atoms with van der Waals surface area (Å²) >= 11 is 4.95. The van der Waals surface area contributed by atoms with Crippen LogP contribution < -0.4 is 0 Å². The maximum Gasteiger partial charge on any atom is 0.260 e. The second-order valence-electron chi connectivity index (χ2n) is 2.39. The van der Waals surface area contributed by atoms with E-state index in [1.54, 1.807) is 0 Å². The molecule has 0 aliphatic heterocycles. The highest BCUT2D eigenvalue weighted by molar-refractivity contribution is 6.68. The minimum atomic E-state index is -1.29. The lowest BCUT2D eigenvalue weighted by atomic mass is 10.1. The van der Waals surface area contributed by atoms with Gasteiger partial charge in [0, 0.05) is 0 Å². The van der Waals surface area contributed by atoms with Gasteiger partial charge >= 0.3 is 0 Å². The lowest BCUT2D eigenvalue weighted by Gasteiger charge is -2.08. The Morgan fingerprint density at radius 2 is 1.07 bits per heavy atom. The molecule has 0 heterocycles. The molecule has 0 amide bonds. The van der Waals surface area contributed by atoms with Gasteiger partial charge in [0.05, 0.1) is 0 Å². The summed E-state index contributed by atoms with van der Waals surface area (Å²) in [7, 11) is 0. The van der Waals surface area contributed by atoms with E-state index in [9.17, 15) is 4.79 Å². The maximum absolute atomic E-state index is 10.6. The van der Waals surface area contributed by atoms with E-state index in [0.29, 0.717) is 0 Å². The van der Waals surface area contributed by atoms with E-state index in [-0.39, 0.29) is 0 Å². The molecule has 76 valence electrons. The first-order valence-electron chi connectivity index (χ1n) is 3.26. The smallest absolute Gasteiger partial charge is 0.260 e. The molecular formula is C7H5ClO6. The number of hydrogen-bond acceptors (Lipinski definition) is 6. The highest BCUT2D eigenvalue weighted by Gasteiger charge is 2.26. The minimum absolute atomic E-state index is 0.875. The largest absolute Gasteiger partial charge is 0.504 e. The molecule has 0 radical (unpaired) electrons. The predicted molar refractivity (Wildman–Crippen MR) is 44.9 cm³/mol. The minimum Gasteiger partial charge on any atom is -0.504 e. The summed E-state index contributed by atoms with van der Waals surface area (Å²) in [4.78, 5) is 10.6. The zero-order chi connectivity index (χ0) is 11.0. The van der Waals surface area contributed by atoms with Crippen LogP contribution in [0, 0.1) is 0 Å². The van der Waals surface area contributed by atoms with Crippen molar-refractivity contribution < 1.29 is 30.3 Å². The summed E-state index contributed by atoms with van der Waals surface area (Å²) in [5, 5.41) is 43.7. The fraction of sp³-hybridized carbons (Fsp3) is 0. The molecule has 1 rings (SSSR count). The number of phenols is 5. The number of carbonyl (C=O) groups is 1. The topological polar surface area (TPSA) is 118 Å². The van der Waals surface area contributed by atoms with Crippen molar-refractivity contribution in [3.8, 4) is 28.7 Å². The van der Waals surface area contributed by atoms with Crippen LogP contribution in [0.4, 0.5) is 0 Å². The van der Waals surface area contributed by atoms with Gasteiger partial charge in [-0.2, -0.15) is 0 Å². The fourth-order valence-corrected chi connectivity index (χ4v) is 1.05. The van der Waals surface area contributed by atoms with Crippen molar-refractivity contribution in [3.05, 3.63) is 5.56 Å². The zero-order valence-corrected chi connectivity index (χ0v) is 7.28. The molecule has 0 aliphatic rings. The Labute approximate surface area is 82.2 Å². The van der Waals surface area contributed by atoms with Gasteiger partial charge in [-0.1, -0.05) is 0 Å².